The van der Waals surface area contributed by atoms with Gasteiger partial charge in [-0.15, -0.1) is 0 Å². The Morgan fingerprint density at radius 3 is 2.71 bits per heavy atom. The van der Waals surface area contributed by atoms with Crippen LogP contribution in [0.3, 0.4) is 0 Å². The van der Waals surface area contributed by atoms with Gasteiger partial charge in [0.25, 0.3) is 5.91 Å². The van der Waals surface area contributed by atoms with E-state index in [0.717, 1.165) is 15.9 Å². The lowest BCUT2D eigenvalue weighted by atomic mass is 9.91. The van der Waals surface area contributed by atoms with Crippen molar-refractivity contribution in [3.8, 4) is 11.8 Å². The van der Waals surface area contributed by atoms with E-state index in [0.29, 0.717) is 30.8 Å². The number of amides is 3. The molecule has 2 aromatic rings. The molecule has 186 valence electrons. The van der Waals surface area contributed by atoms with Crippen LogP contribution in [0, 0.1) is 29.1 Å². The molecule has 0 aliphatic carbocycles. The second-order valence-corrected chi connectivity index (χ2v) is 9.15. The number of aromatic nitrogens is 1. The van der Waals surface area contributed by atoms with Crippen molar-refractivity contribution >= 4 is 34.4 Å². The summed E-state index contributed by atoms with van der Waals surface area (Å²) in [6.07, 6.45) is 0.455. The molecule has 1 saturated heterocycles. The molecule has 2 heterocycles. The van der Waals surface area contributed by atoms with E-state index in [1.54, 1.807) is 25.3 Å². The Balaban J connectivity index is 1.77. The highest BCUT2D eigenvalue weighted by Crippen LogP contribution is 2.27. The number of Topliss-reactive ketones (excluding diaryl/α,β-unsaturated/α-hetero) is 1. The highest BCUT2D eigenvalue weighted by Gasteiger charge is 2.31. The van der Waals surface area contributed by atoms with Crippen molar-refractivity contribution in [3.05, 3.63) is 30.0 Å². The lowest BCUT2D eigenvalue weighted by Gasteiger charge is -2.27. The molecule has 1 aliphatic rings. The van der Waals surface area contributed by atoms with Gasteiger partial charge in [-0.25, -0.2) is 0 Å². The third kappa shape index (κ3) is 6.38. The molecule has 1 fully saturated rings. The van der Waals surface area contributed by atoms with Crippen LogP contribution in [-0.2, 0) is 14.4 Å². The SMILES string of the molecule is COc1cccc2[nH]c(C(=O)C[C@@H](CC(C)C)C(=O)NN(C[C@@H]3CCNC3=O)C(=O)CC#N)cc12. The first-order chi connectivity index (χ1) is 16.7. The van der Waals surface area contributed by atoms with Crippen molar-refractivity contribution < 1.29 is 23.9 Å². The number of ether oxygens (including phenoxy) is 1. The van der Waals surface area contributed by atoms with Gasteiger partial charge in [0.1, 0.15) is 12.2 Å². The van der Waals surface area contributed by atoms with Gasteiger partial charge in [0, 0.05) is 29.8 Å². The number of hydrazine groups is 1. The molecule has 3 N–H and O–H groups in total. The summed E-state index contributed by atoms with van der Waals surface area (Å²) in [4.78, 5) is 53.9. The Kier molecular flexibility index (Phi) is 8.47. The fraction of sp³-hybridized carbons (Fsp3) is 0.480. The molecule has 3 rings (SSSR count). The van der Waals surface area contributed by atoms with E-state index in [9.17, 15) is 19.2 Å². The van der Waals surface area contributed by atoms with E-state index >= 15 is 0 Å². The zero-order chi connectivity index (χ0) is 25.5. The van der Waals surface area contributed by atoms with E-state index in [1.807, 2.05) is 26.0 Å². The van der Waals surface area contributed by atoms with E-state index in [-0.39, 0.29) is 30.6 Å². The lowest BCUT2D eigenvalue weighted by molar-refractivity contribution is -0.144. The molecule has 0 unspecified atom stereocenters. The molecule has 0 bridgehead atoms. The number of fused-ring (bicyclic) bond motifs is 1. The number of rotatable bonds is 10. The van der Waals surface area contributed by atoms with E-state index in [4.69, 9.17) is 10.00 Å². The molecule has 0 saturated carbocycles. The number of H-pyrrole nitrogens is 1. The molecule has 35 heavy (non-hydrogen) atoms. The van der Waals surface area contributed by atoms with Crippen LogP contribution in [0.1, 0.15) is 50.0 Å². The van der Waals surface area contributed by atoms with E-state index < -0.39 is 30.1 Å². The van der Waals surface area contributed by atoms with Crippen LogP contribution in [0.4, 0.5) is 0 Å². The average molecular weight is 482 g/mol. The number of hydrogen-bond donors (Lipinski definition) is 3. The molecule has 3 amide bonds. The van der Waals surface area contributed by atoms with Gasteiger partial charge in [-0.05, 0) is 37.0 Å². The molecule has 0 radical (unpaired) electrons. The zero-order valence-electron chi connectivity index (χ0n) is 20.2. The predicted molar refractivity (Wildman–Crippen MR) is 128 cm³/mol. The zero-order valence-corrected chi connectivity index (χ0v) is 20.2. The molecule has 10 nitrogen and oxygen atoms in total. The summed E-state index contributed by atoms with van der Waals surface area (Å²) < 4.78 is 5.36. The monoisotopic (exact) mass is 481 g/mol. The second kappa shape index (κ2) is 11.5. The van der Waals surface area contributed by atoms with Gasteiger partial charge >= 0.3 is 0 Å². The maximum Gasteiger partial charge on any atom is 0.255 e. The van der Waals surface area contributed by atoms with Gasteiger partial charge in [0.05, 0.1) is 31.3 Å². The van der Waals surface area contributed by atoms with Gasteiger partial charge in [-0.1, -0.05) is 19.9 Å². The highest BCUT2D eigenvalue weighted by molar-refractivity contribution is 6.02. The smallest absolute Gasteiger partial charge is 0.255 e. The first-order valence-corrected chi connectivity index (χ1v) is 11.7. The molecule has 1 aromatic heterocycles. The summed E-state index contributed by atoms with van der Waals surface area (Å²) in [6.45, 7) is 4.36. The normalized spacial score (nSPS) is 16.0. The van der Waals surface area contributed by atoms with Crippen LogP contribution in [0.15, 0.2) is 24.3 Å². The maximum absolute atomic E-state index is 13.2. The second-order valence-electron chi connectivity index (χ2n) is 9.15. The number of methoxy groups -OCH3 is 1. The average Bonchev–Trinajstić information content (AvgIpc) is 3.43. The number of aromatic amines is 1. The number of carbonyl (C=O) groups is 4. The molecule has 1 aliphatic heterocycles. The standard InChI is InChI=1S/C25H31N5O5/c1-15(2)11-17(12-21(31)20-13-18-19(28-20)5-4-6-22(18)35-3)25(34)29-30(23(32)7-9-26)14-16-8-10-27-24(16)33/h4-6,13,15-17,28H,7-8,10-12,14H2,1-3H3,(H,27,33)(H,29,34)/t16-,17+/m0/s1. The Morgan fingerprint density at radius 2 is 2.09 bits per heavy atom. The van der Waals surface area contributed by atoms with Gasteiger partial charge in [0.2, 0.25) is 11.8 Å². The van der Waals surface area contributed by atoms with Gasteiger partial charge < -0.3 is 15.0 Å². The third-order valence-electron chi connectivity index (χ3n) is 6.05. The molecular formula is C25H31N5O5. The minimum Gasteiger partial charge on any atom is -0.496 e. The Morgan fingerprint density at radius 1 is 1.31 bits per heavy atom. The van der Waals surface area contributed by atoms with E-state index in [1.165, 1.54) is 0 Å². The highest BCUT2D eigenvalue weighted by atomic mass is 16.5. The summed E-state index contributed by atoms with van der Waals surface area (Å²) in [6, 6.07) is 8.95. The number of hydrogen-bond acceptors (Lipinski definition) is 6. The number of nitrogens with one attached hydrogen (secondary N) is 3. The van der Waals surface area contributed by atoms with Crippen molar-refractivity contribution in [2.24, 2.45) is 17.8 Å². The summed E-state index contributed by atoms with van der Waals surface area (Å²) in [5.74, 6) is -1.95. The minimum absolute atomic E-state index is 0.0256. The maximum atomic E-state index is 13.2. The van der Waals surface area contributed by atoms with Crippen LogP contribution < -0.4 is 15.5 Å². The summed E-state index contributed by atoms with van der Waals surface area (Å²) in [5.41, 5.74) is 3.70. The predicted octanol–water partition coefficient (Wildman–Crippen LogP) is 2.32. The van der Waals surface area contributed by atoms with Crippen molar-refractivity contribution in [3.63, 3.8) is 0 Å². The quantitative estimate of drug-likeness (QED) is 0.351. The van der Waals surface area contributed by atoms with Crippen LogP contribution in [0.5, 0.6) is 5.75 Å². The Hall–Kier alpha value is -3.87. The lowest BCUT2D eigenvalue weighted by Crippen LogP contribution is -2.51. The Bertz CT molecular complexity index is 1150. The van der Waals surface area contributed by atoms with Gasteiger partial charge in [-0.3, -0.25) is 29.6 Å². The number of carbonyl (C=O) groups excluding carboxylic acids is 4. The van der Waals surface area contributed by atoms with Crippen LogP contribution in [0.25, 0.3) is 10.9 Å². The molecule has 1 aromatic carbocycles. The number of nitrogens with zero attached hydrogens (tertiary/aromatic N) is 2. The number of benzene rings is 1. The number of nitriles is 1. The fourth-order valence-electron chi connectivity index (χ4n) is 4.28. The van der Waals surface area contributed by atoms with Crippen LogP contribution >= 0.6 is 0 Å². The molecule has 2 atom stereocenters. The molecule has 10 heteroatoms. The van der Waals surface area contributed by atoms with E-state index in [2.05, 4.69) is 15.7 Å². The third-order valence-corrected chi connectivity index (χ3v) is 6.05. The summed E-state index contributed by atoms with van der Waals surface area (Å²) >= 11 is 0. The Labute approximate surface area is 204 Å². The van der Waals surface area contributed by atoms with Crippen molar-refractivity contribution in [2.75, 3.05) is 20.2 Å². The van der Waals surface area contributed by atoms with Crippen LogP contribution in [0.2, 0.25) is 0 Å². The molecule has 0 spiro atoms. The first kappa shape index (κ1) is 25.7. The fourth-order valence-corrected chi connectivity index (χ4v) is 4.28. The molecular weight excluding hydrogens is 450 g/mol. The topological polar surface area (TPSA) is 144 Å². The van der Waals surface area contributed by atoms with Gasteiger partial charge in [0.15, 0.2) is 5.78 Å². The van der Waals surface area contributed by atoms with Crippen LogP contribution in [-0.4, -0.2) is 53.7 Å². The summed E-state index contributed by atoms with van der Waals surface area (Å²) in [5, 5.41) is 13.5. The number of ketones is 1. The van der Waals surface area contributed by atoms with Crippen molar-refractivity contribution in [1.29, 1.82) is 5.26 Å². The largest absolute Gasteiger partial charge is 0.496 e. The van der Waals surface area contributed by atoms with Gasteiger partial charge in [-0.2, -0.15) is 5.26 Å². The first-order valence-electron chi connectivity index (χ1n) is 11.7. The van der Waals surface area contributed by atoms with Crippen molar-refractivity contribution in [1.82, 2.24) is 20.7 Å². The summed E-state index contributed by atoms with van der Waals surface area (Å²) in [7, 11) is 1.56. The minimum atomic E-state index is -0.703. The van der Waals surface area contributed by atoms with Crippen molar-refractivity contribution in [2.45, 2.75) is 39.5 Å².